The highest BCUT2D eigenvalue weighted by Gasteiger charge is 2.27. The number of benzene rings is 1. The van der Waals surface area contributed by atoms with Crippen LogP contribution in [0.4, 0.5) is 11.6 Å². The average Bonchev–Trinajstić information content (AvgIpc) is 3.05. The Morgan fingerprint density at radius 2 is 2.38 bits per heavy atom. The smallest absolute Gasteiger partial charge is 0.271 e. The van der Waals surface area contributed by atoms with E-state index in [4.69, 9.17) is 0 Å². The van der Waals surface area contributed by atoms with Crippen molar-refractivity contribution in [2.24, 2.45) is 0 Å². The minimum atomic E-state index is -0.391. The zero-order valence-corrected chi connectivity index (χ0v) is 12.7. The maximum Gasteiger partial charge on any atom is 0.271 e. The van der Waals surface area contributed by atoms with Crippen LogP contribution in [-0.4, -0.2) is 31.9 Å². The lowest BCUT2D eigenvalue weighted by Crippen LogP contribution is -2.26. The first-order valence-electron chi connectivity index (χ1n) is 7.19. The molecule has 1 aliphatic rings. The highest BCUT2D eigenvalue weighted by Crippen LogP contribution is 2.32. The fraction of sp³-hybridized carbons (Fsp3) is 0.500. The van der Waals surface area contributed by atoms with Crippen molar-refractivity contribution < 1.29 is 4.92 Å². The van der Waals surface area contributed by atoms with E-state index in [9.17, 15) is 10.1 Å². The van der Waals surface area contributed by atoms with Gasteiger partial charge < -0.3 is 10.3 Å². The summed E-state index contributed by atoms with van der Waals surface area (Å²) in [6, 6.07) is 5.12. The van der Waals surface area contributed by atoms with Gasteiger partial charge in [-0.25, -0.2) is 4.98 Å². The van der Waals surface area contributed by atoms with E-state index < -0.39 is 4.92 Å². The number of rotatable bonds is 5. The summed E-state index contributed by atoms with van der Waals surface area (Å²) < 4.78 is 0. The Labute approximate surface area is 126 Å². The van der Waals surface area contributed by atoms with Crippen LogP contribution in [0.2, 0.25) is 0 Å². The van der Waals surface area contributed by atoms with Crippen molar-refractivity contribution in [1.82, 2.24) is 9.97 Å². The van der Waals surface area contributed by atoms with Gasteiger partial charge >= 0.3 is 0 Å². The van der Waals surface area contributed by atoms with E-state index in [0.29, 0.717) is 22.8 Å². The number of non-ortho nitro benzene ring substituents is 1. The second-order valence-electron chi connectivity index (χ2n) is 5.22. The summed E-state index contributed by atoms with van der Waals surface area (Å²) >= 11 is 1.99. The molecule has 0 spiro atoms. The van der Waals surface area contributed by atoms with Gasteiger partial charge in [-0.2, -0.15) is 11.8 Å². The second kappa shape index (κ2) is 5.93. The Morgan fingerprint density at radius 3 is 3.14 bits per heavy atom. The molecule has 1 aromatic heterocycles. The van der Waals surface area contributed by atoms with Gasteiger partial charge in [0.15, 0.2) is 0 Å². The average molecular weight is 306 g/mol. The summed E-state index contributed by atoms with van der Waals surface area (Å²) in [4.78, 5) is 18.0. The topological polar surface area (TPSA) is 83.8 Å². The molecule has 112 valence electrons. The normalized spacial score (nSPS) is 21.8. The Morgan fingerprint density at radius 1 is 1.52 bits per heavy atom. The number of anilines is 1. The number of nitrogens with zero attached hydrogens (tertiary/aromatic N) is 2. The molecular formula is C14H18N4O2S. The van der Waals surface area contributed by atoms with Crippen molar-refractivity contribution in [2.45, 2.75) is 37.5 Å². The number of fused-ring (bicyclic) bond motifs is 1. The van der Waals surface area contributed by atoms with Crippen molar-refractivity contribution >= 4 is 34.4 Å². The Kier molecular flexibility index (Phi) is 4.01. The first-order valence-corrected chi connectivity index (χ1v) is 8.24. The third kappa shape index (κ3) is 2.97. The Balaban J connectivity index is 1.79. The van der Waals surface area contributed by atoms with Crippen LogP contribution in [0.5, 0.6) is 0 Å². The van der Waals surface area contributed by atoms with E-state index >= 15 is 0 Å². The molecule has 6 nitrogen and oxygen atoms in total. The maximum atomic E-state index is 10.8. The van der Waals surface area contributed by atoms with Crippen LogP contribution in [0.3, 0.4) is 0 Å². The molecule has 1 saturated carbocycles. The van der Waals surface area contributed by atoms with Crippen LogP contribution in [0.1, 0.15) is 26.2 Å². The largest absolute Gasteiger partial charge is 0.352 e. The SMILES string of the molecule is CCSC1CCCC1Nc1nc2ccc([N+](=O)[O-])cc2[nH]1. The molecular weight excluding hydrogens is 288 g/mol. The first-order chi connectivity index (χ1) is 10.2. The van der Waals surface area contributed by atoms with Crippen LogP contribution in [0, 0.1) is 10.1 Å². The van der Waals surface area contributed by atoms with Crippen molar-refractivity contribution in [2.75, 3.05) is 11.1 Å². The minimum Gasteiger partial charge on any atom is -0.352 e. The number of nitro benzene ring substituents is 1. The summed E-state index contributed by atoms with van der Waals surface area (Å²) in [6.07, 6.45) is 3.62. The van der Waals surface area contributed by atoms with Gasteiger partial charge in [-0.15, -0.1) is 0 Å². The molecule has 2 aromatic rings. The van der Waals surface area contributed by atoms with Crippen molar-refractivity contribution in [3.8, 4) is 0 Å². The van der Waals surface area contributed by atoms with Gasteiger partial charge in [-0.1, -0.05) is 13.3 Å². The number of H-pyrrole nitrogens is 1. The van der Waals surface area contributed by atoms with E-state index in [1.165, 1.54) is 25.0 Å². The van der Waals surface area contributed by atoms with E-state index in [1.807, 2.05) is 11.8 Å². The summed E-state index contributed by atoms with van der Waals surface area (Å²) in [5.74, 6) is 1.83. The number of nitro groups is 1. The third-order valence-corrected chi connectivity index (χ3v) is 5.16. The number of thioether (sulfide) groups is 1. The fourth-order valence-corrected chi connectivity index (χ4v) is 4.06. The molecule has 2 unspecified atom stereocenters. The molecule has 0 saturated heterocycles. The standard InChI is InChI=1S/C14H18N4O2S/c1-2-21-13-5-3-4-11(13)16-14-15-10-7-6-9(18(19)20)8-12(10)17-14/h6-8,11,13H,2-5H2,1H3,(H2,15,16,17). The highest BCUT2D eigenvalue weighted by atomic mass is 32.2. The molecule has 1 heterocycles. The van der Waals surface area contributed by atoms with Gasteiger partial charge in [-0.3, -0.25) is 10.1 Å². The highest BCUT2D eigenvalue weighted by molar-refractivity contribution is 7.99. The van der Waals surface area contributed by atoms with E-state index in [1.54, 1.807) is 6.07 Å². The van der Waals surface area contributed by atoms with Crippen molar-refractivity contribution in [1.29, 1.82) is 0 Å². The van der Waals surface area contributed by atoms with Crippen LogP contribution in [0.25, 0.3) is 11.0 Å². The summed E-state index contributed by atoms with van der Waals surface area (Å²) in [6.45, 7) is 2.18. The third-order valence-electron chi connectivity index (χ3n) is 3.83. The van der Waals surface area contributed by atoms with Gasteiger partial charge in [0.2, 0.25) is 5.95 Å². The molecule has 0 amide bonds. The monoisotopic (exact) mass is 306 g/mol. The molecule has 21 heavy (non-hydrogen) atoms. The van der Waals surface area contributed by atoms with Crippen molar-refractivity contribution in [3.05, 3.63) is 28.3 Å². The molecule has 7 heteroatoms. The van der Waals surface area contributed by atoms with Crippen LogP contribution >= 0.6 is 11.8 Å². The molecule has 3 rings (SSSR count). The minimum absolute atomic E-state index is 0.0815. The predicted octanol–water partition coefficient (Wildman–Crippen LogP) is 3.56. The van der Waals surface area contributed by atoms with Gasteiger partial charge in [-0.05, 0) is 24.7 Å². The number of nitrogens with one attached hydrogen (secondary N) is 2. The number of aromatic nitrogens is 2. The lowest BCUT2D eigenvalue weighted by atomic mass is 10.2. The fourth-order valence-electron chi connectivity index (χ4n) is 2.86. The Hall–Kier alpha value is -1.76. The summed E-state index contributed by atoms with van der Waals surface area (Å²) in [5, 5.41) is 14.9. The van der Waals surface area contributed by atoms with Gasteiger partial charge in [0, 0.05) is 23.4 Å². The number of imidazole rings is 1. The zero-order valence-electron chi connectivity index (χ0n) is 11.8. The van der Waals surface area contributed by atoms with Crippen LogP contribution in [-0.2, 0) is 0 Å². The zero-order chi connectivity index (χ0) is 14.8. The summed E-state index contributed by atoms with van der Waals surface area (Å²) in [5.41, 5.74) is 1.53. The molecule has 2 atom stereocenters. The van der Waals surface area contributed by atoms with Gasteiger partial charge in [0.1, 0.15) is 0 Å². The maximum absolute atomic E-state index is 10.8. The summed E-state index contributed by atoms with van der Waals surface area (Å²) in [7, 11) is 0. The number of hydrogen-bond acceptors (Lipinski definition) is 5. The van der Waals surface area contributed by atoms with E-state index in [2.05, 4.69) is 22.2 Å². The van der Waals surface area contributed by atoms with Gasteiger partial charge in [0.05, 0.1) is 16.0 Å². The van der Waals surface area contributed by atoms with E-state index in [0.717, 1.165) is 17.7 Å². The lowest BCUT2D eigenvalue weighted by molar-refractivity contribution is -0.384. The molecule has 1 aliphatic carbocycles. The van der Waals surface area contributed by atoms with Crippen LogP contribution < -0.4 is 5.32 Å². The molecule has 0 radical (unpaired) electrons. The molecule has 0 bridgehead atoms. The van der Waals surface area contributed by atoms with Crippen molar-refractivity contribution in [3.63, 3.8) is 0 Å². The molecule has 1 fully saturated rings. The lowest BCUT2D eigenvalue weighted by Gasteiger charge is -2.19. The molecule has 0 aliphatic heterocycles. The number of aromatic amines is 1. The Bertz CT molecular complexity index is 657. The predicted molar refractivity (Wildman–Crippen MR) is 85.9 cm³/mol. The second-order valence-corrected chi connectivity index (χ2v) is 6.74. The van der Waals surface area contributed by atoms with Crippen LogP contribution in [0.15, 0.2) is 18.2 Å². The van der Waals surface area contributed by atoms with E-state index in [-0.39, 0.29) is 5.69 Å². The van der Waals surface area contributed by atoms with Gasteiger partial charge in [0.25, 0.3) is 5.69 Å². The first kappa shape index (κ1) is 14.2. The molecule has 2 N–H and O–H groups in total. The number of hydrogen-bond donors (Lipinski definition) is 2. The molecule has 1 aromatic carbocycles. The quantitative estimate of drug-likeness (QED) is 0.652.